The Morgan fingerprint density at radius 1 is 1.07 bits per heavy atom. The number of carbonyl (C=O) groups excluding carboxylic acids is 1. The Hall–Kier alpha value is -2.84. The standard InChI is InChI=1S/C20H20N2O5S/c1-15(23)22-9-8-16-12-19(6-7-20(16)22)28(24,25)21(13-17-4-2-10-26-17)14-18-5-3-11-27-18/h2-7,10-12H,8-9,13-14H2,1H3. The summed E-state index contributed by atoms with van der Waals surface area (Å²) in [6, 6.07) is 11.8. The molecule has 28 heavy (non-hydrogen) atoms. The van der Waals surface area contributed by atoms with E-state index in [1.54, 1.807) is 47.4 Å². The second-order valence-corrected chi connectivity index (χ2v) is 8.58. The molecule has 1 aliphatic heterocycles. The van der Waals surface area contributed by atoms with E-state index in [9.17, 15) is 13.2 Å². The van der Waals surface area contributed by atoms with E-state index in [2.05, 4.69) is 0 Å². The largest absolute Gasteiger partial charge is 0.468 e. The van der Waals surface area contributed by atoms with Crippen LogP contribution in [0.1, 0.15) is 24.0 Å². The van der Waals surface area contributed by atoms with Crippen LogP contribution in [0.15, 0.2) is 68.7 Å². The van der Waals surface area contributed by atoms with Crippen LogP contribution in [0.5, 0.6) is 0 Å². The van der Waals surface area contributed by atoms with E-state index in [0.717, 1.165) is 11.3 Å². The van der Waals surface area contributed by atoms with Gasteiger partial charge in [0, 0.05) is 19.2 Å². The predicted molar refractivity (Wildman–Crippen MR) is 102 cm³/mol. The third kappa shape index (κ3) is 3.48. The lowest BCUT2D eigenvalue weighted by atomic mass is 10.2. The molecule has 0 unspecified atom stereocenters. The molecule has 8 heteroatoms. The zero-order valence-electron chi connectivity index (χ0n) is 15.4. The minimum atomic E-state index is -3.80. The first-order chi connectivity index (χ1) is 13.4. The van der Waals surface area contributed by atoms with E-state index in [1.807, 2.05) is 0 Å². The van der Waals surface area contributed by atoms with Crippen molar-refractivity contribution >= 4 is 21.6 Å². The van der Waals surface area contributed by atoms with Crippen LogP contribution < -0.4 is 4.90 Å². The minimum Gasteiger partial charge on any atom is -0.468 e. The van der Waals surface area contributed by atoms with Crippen molar-refractivity contribution in [1.29, 1.82) is 0 Å². The van der Waals surface area contributed by atoms with Gasteiger partial charge in [0.25, 0.3) is 0 Å². The van der Waals surface area contributed by atoms with Crippen LogP contribution in [0.2, 0.25) is 0 Å². The van der Waals surface area contributed by atoms with E-state index in [1.165, 1.54) is 23.8 Å². The molecular formula is C20H20N2O5S. The van der Waals surface area contributed by atoms with E-state index >= 15 is 0 Å². The molecule has 2 aromatic heterocycles. The zero-order chi connectivity index (χ0) is 19.7. The van der Waals surface area contributed by atoms with Crippen LogP contribution in [0.25, 0.3) is 0 Å². The molecule has 0 saturated carbocycles. The van der Waals surface area contributed by atoms with Gasteiger partial charge in [0.1, 0.15) is 11.5 Å². The van der Waals surface area contributed by atoms with Gasteiger partial charge in [-0.25, -0.2) is 8.42 Å². The molecule has 0 radical (unpaired) electrons. The highest BCUT2D eigenvalue weighted by atomic mass is 32.2. The maximum Gasteiger partial charge on any atom is 0.243 e. The number of carbonyl (C=O) groups is 1. The van der Waals surface area contributed by atoms with Gasteiger partial charge in [0.15, 0.2) is 0 Å². The molecule has 0 saturated heterocycles. The highest BCUT2D eigenvalue weighted by Crippen LogP contribution is 2.32. The van der Waals surface area contributed by atoms with Crippen LogP contribution in [0, 0.1) is 0 Å². The Morgan fingerprint density at radius 2 is 1.71 bits per heavy atom. The van der Waals surface area contributed by atoms with Gasteiger partial charge in [-0.15, -0.1) is 0 Å². The van der Waals surface area contributed by atoms with Gasteiger partial charge in [-0.1, -0.05) is 0 Å². The van der Waals surface area contributed by atoms with E-state index < -0.39 is 10.0 Å². The van der Waals surface area contributed by atoms with Crippen LogP contribution >= 0.6 is 0 Å². The predicted octanol–water partition coefficient (Wildman–Crippen LogP) is 3.17. The molecule has 4 rings (SSSR count). The maximum absolute atomic E-state index is 13.4. The highest BCUT2D eigenvalue weighted by Gasteiger charge is 2.29. The summed E-state index contributed by atoms with van der Waals surface area (Å²) >= 11 is 0. The molecule has 1 aliphatic rings. The molecule has 0 spiro atoms. The number of hydrogen-bond donors (Lipinski definition) is 0. The molecule has 3 heterocycles. The van der Waals surface area contributed by atoms with Gasteiger partial charge in [-0.2, -0.15) is 4.31 Å². The number of fused-ring (bicyclic) bond motifs is 1. The molecule has 0 bridgehead atoms. The van der Waals surface area contributed by atoms with Crippen molar-refractivity contribution in [2.24, 2.45) is 0 Å². The summed E-state index contributed by atoms with van der Waals surface area (Å²) in [5, 5.41) is 0. The van der Waals surface area contributed by atoms with Gasteiger partial charge in [0.05, 0.1) is 30.5 Å². The quantitative estimate of drug-likeness (QED) is 0.635. The van der Waals surface area contributed by atoms with Crippen molar-refractivity contribution in [3.63, 3.8) is 0 Å². The number of furan rings is 2. The normalized spacial score (nSPS) is 13.9. The molecule has 0 fully saturated rings. The smallest absolute Gasteiger partial charge is 0.243 e. The average molecular weight is 400 g/mol. The Morgan fingerprint density at radius 3 is 2.25 bits per heavy atom. The maximum atomic E-state index is 13.4. The van der Waals surface area contributed by atoms with Crippen molar-refractivity contribution in [2.45, 2.75) is 31.3 Å². The number of anilines is 1. The van der Waals surface area contributed by atoms with Crippen LogP contribution in [0.3, 0.4) is 0 Å². The van der Waals surface area contributed by atoms with E-state index in [4.69, 9.17) is 8.83 Å². The van der Waals surface area contributed by atoms with Gasteiger partial charge < -0.3 is 13.7 Å². The van der Waals surface area contributed by atoms with Gasteiger partial charge >= 0.3 is 0 Å². The third-order valence-electron chi connectivity index (χ3n) is 4.79. The molecule has 1 amide bonds. The number of amides is 1. The summed E-state index contributed by atoms with van der Waals surface area (Å²) in [5.74, 6) is 1.03. The average Bonchev–Trinajstić information content (AvgIpc) is 3.42. The molecule has 3 aromatic rings. The zero-order valence-corrected chi connectivity index (χ0v) is 16.2. The molecule has 7 nitrogen and oxygen atoms in total. The van der Waals surface area contributed by atoms with Crippen molar-refractivity contribution in [2.75, 3.05) is 11.4 Å². The Bertz CT molecular complexity index is 1040. The summed E-state index contributed by atoms with van der Waals surface area (Å²) in [7, 11) is -3.80. The van der Waals surface area contributed by atoms with Gasteiger partial charge in [-0.3, -0.25) is 4.79 Å². The molecule has 0 atom stereocenters. The molecule has 1 aromatic carbocycles. The van der Waals surface area contributed by atoms with Crippen LogP contribution in [-0.2, 0) is 34.3 Å². The summed E-state index contributed by atoms with van der Waals surface area (Å²) < 4.78 is 38.7. The second kappa shape index (κ2) is 7.29. The summed E-state index contributed by atoms with van der Waals surface area (Å²) in [6.07, 6.45) is 3.66. The minimum absolute atomic E-state index is 0.0494. The highest BCUT2D eigenvalue weighted by molar-refractivity contribution is 7.89. The first-order valence-corrected chi connectivity index (χ1v) is 10.3. The monoisotopic (exact) mass is 400 g/mol. The van der Waals surface area contributed by atoms with Gasteiger partial charge in [0.2, 0.25) is 15.9 Å². The first kappa shape index (κ1) is 18.5. The van der Waals surface area contributed by atoms with Crippen molar-refractivity contribution in [3.8, 4) is 0 Å². The summed E-state index contributed by atoms with van der Waals surface area (Å²) in [6.45, 7) is 2.25. The van der Waals surface area contributed by atoms with Crippen molar-refractivity contribution < 1.29 is 22.0 Å². The van der Waals surface area contributed by atoms with Crippen LogP contribution in [-0.4, -0.2) is 25.2 Å². The fourth-order valence-electron chi connectivity index (χ4n) is 3.39. The molecule has 0 aliphatic carbocycles. The second-order valence-electron chi connectivity index (χ2n) is 6.64. The Labute approximate surface area is 163 Å². The number of hydrogen-bond acceptors (Lipinski definition) is 5. The molecular weight excluding hydrogens is 380 g/mol. The SMILES string of the molecule is CC(=O)N1CCc2cc(S(=O)(=O)N(Cc3ccco3)Cc3ccco3)ccc21. The third-order valence-corrected chi connectivity index (χ3v) is 6.58. The Balaban J connectivity index is 1.68. The van der Waals surface area contributed by atoms with E-state index in [-0.39, 0.29) is 23.9 Å². The van der Waals surface area contributed by atoms with Crippen molar-refractivity contribution in [3.05, 3.63) is 72.1 Å². The summed E-state index contributed by atoms with van der Waals surface area (Å²) in [4.78, 5) is 13.6. The lowest BCUT2D eigenvalue weighted by molar-refractivity contribution is -0.116. The molecule has 146 valence electrons. The van der Waals surface area contributed by atoms with Gasteiger partial charge in [-0.05, 0) is 54.4 Å². The summed E-state index contributed by atoms with van der Waals surface area (Å²) in [5.41, 5.74) is 1.63. The van der Waals surface area contributed by atoms with Crippen LogP contribution in [0.4, 0.5) is 5.69 Å². The fourth-order valence-corrected chi connectivity index (χ4v) is 4.82. The van der Waals surface area contributed by atoms with E-state index in [0.29, 0.717) is 24.5 Å². The number of benzene rings is 1. The first-order valence-electron chi connectivity index (χ1n) is 8.91. The number of rotatable bonds is 6. The molecule has 0 N–H and O–H groups in total. The Kier molecular flexibility index (Phi) is 4.82. The number of nitrogens with zero attached hydrogens (tertiary/aromatic N) is 2. The lowest BCUT2D eigenvalue weighted by Crippen LogP contribution is -2.30. The lowest BCUT2D eigenvalue weighted by Gasteiger charge is -2.21. The topological polar surface area (TPSA) is 84.0 Å². The van der Waals surface area contributed by atoms with Crippen molar-refractivity contribution in [1.82, 2.24) is 4.31 Å². The fraction of sp³-hybridized carbons (Fsp3) is 0.250. The number of sulfonamides is 1.